The van der Waals surface area contributed by atoms with E-state index in [9.17, 15) is 9.59 Å². The first-order chi connectivity index (χ1) is 9.04. The molecule has 0 atom stereocenters. The molecule has 1 heterocycles. The summed E-state index contributed by atoms with van der Waals surface area (Å²) in [6.07, 6.45) is -0.214. The second-order valence-electron chi connectivity index (χ2n) is 3.53. The topological polar surface area (TPSA) is 92.2 Å². The van der Waals surface area contributed by atoms with E-state index < -0.39 is 5.97 Å². The zero-order valence-electron chi connectivity index (χ0n) is 9.46. The van der Waals surface area contributed by atoms with E-state index in [-0.39, 0.29) is 17.5 Å². The molecular formula is C11H8ClN3O3S. The van der Waals surface area contributed by atoms with Gasteiger partial charge in [0.2, 0.25) is 5.13 Å². The highest BCUT2D eigenvalue weighted by Gasteiger charge is 2.11. The van der Waals surface area contributed by atoms with Gasteiger partial charge in [-0.3, -0.25) is 14.9 Å². The molecule has 0 aliphatic heterocycles. The highest BCUT2D eigenvalue weighted by Crippen LogP contribution is 2.17. The molecule has 1 aromatic heterocycles. The lowest BCUT2D eigenvalue weighted by atomic mass is 10.2. The number of benzene rings is 1. The monoisotopic (exact) mass is 297 g/mol. The van der Waals surface area contributed by atoms with Crippen molar-refractivity contribution in [1.82, 2.24) is 10.2 Å². The van der Waals surface area contributed by atoms with Crippen molar-refractivity contribution >= 4 is 39.9 Å². The standard InChI is InChI=1S/C11H8ClN3O3S/c12-7-3-1-6(2-4-7)10(18)13-11-15-14-8(19-11)5-9(16)17/h1-4H,5H2,(H,16,17)(H,13,15,18). The van der Waals surface area contributed by atoms with Crippen molar-refractivity contribution in [3.63, 3.8) is 0 Å². The van der Waals surface area contributed by atoms with E-state index in [4.69, 9.17) is 16.7 Å². The van der Waals surface area contributed by atoms with Crippen molar-refractivity contribution in [3.8, 4) is 0 Å². The predicted octanol–water partition coefficient (Wildman–Crippen LogP) is 2.07. The number of anilines is 1. The van der Waals surface area contributed by atoms with Crippen molar-refractivity contribution < 1.29 is 14.7 Å². The summed E-state index contributed by atoms with van der Waals surface area (Å²) >= 11 is 6.75. The molecule has 0 spiro atoms. The Kier molecular flexibility index (Phi) is 4.08. The largest absolute Gasteiger partial charge is 0.481 e. The molecule has 6 nitrogen and oxygen atoms in total. The fraction of sp³-hybridized carbons (Fsp3) is 0.0909. The Morgan fingerprint density at radius 1 is 1.26 bits per heavy atom. The molecule has 0 aliphatic rings. The van der Waals surface area contributed by atoms with Crippen LogP contribution in [0.4, 0.5) is 5.13 Å². The maximum absolute atomic E-state index is 11.8. The number of hydrogen-bond acceptors (Lipinski definition) is 5. The lowest BCUT2D eigenvalue weighted by Crippen LogP contribution is -2.11. The summed E-state index contributed by atoms with van der Waals surface area (Å²) in [5, 5.41) is 19.6. The van der Waals surface area contributed by atoms with E-state index in [1.54, 1.807) is 24.3 Å². The van der Waals surface area contributed by atoms with Crippen molar-refractivity contribution in [2.45, 2.75) is 6.42 Å². The van der Waals surface area contributed by atoms with Gasteiger partial charge in [-0.2, -0.15) is 0 Å². The Morgan fingerprint density at radius 2 is 1.95 bits per heavy atom. The van der Waals surface area contributed by atoms with Gasteiger partial charge in [-0.25, -0.2) is 0 Å². The van der Waals surface area contributed by atoms with Crippen LogP contribution in [0, 0.1) is 0 Å². The Hall–Kier alpha value is -1.99. The number of carbonyl (C=O) groups excluding carboxylic acids is 1. The molecule has 2 rings (SSSR count). The van der Waals surface area contributed by atoms with Gasteiger partial charge in [-0.1, -0.05) is 22.9 Å². The molecular weight excluding hydrogens is 290 g/mol. The molecule has 19 heavy (non-hydrogen) atoms. The van der Waals surface area contributed by atoms with Crippen molar-refractivity contribution in [2.75, 3.05) is 5.32 Å². The minimum Gasteiger partial charge on any atom is -0.481 e. The number of nitrogens with one attached hydrogen (secondary N) is 1. The second kappa shape index (κ2) is 5.77. The molecule has 1 aromatic carbocycles. The first kappa shape index (κ1) is 13.4. The van der Waals surface area contributed by atoms with Crippen LogP contribution in [0.25, 0.3) is 0 Å². The van der Waals surface area contributed by atoms with Crippen LogP contribution in [0.3, 0.4) is 0 Å². The number of carboxylic acids is 1. The van der Waals surface area contributed by atoms with Gasteiger partial charge >= 0.3 is 5.97 Å². The van der Waals surface area contributed by atoms with Crippen molar-refractivity contribution in [1.29, 1.82) is 0 Å². The predicted molar refractivity (Wildman–Crippen MR) is 70.7 cm³/mol. The van der Waals surface area contributed by atoms with E-state index in [0.717, 1.165) is 11.3 Å². The van der Waals surface area contributed by atoms with Crippen LogP contribution in [0.15, 0.2) is 24.3 Å². The van der Waals surface area contributed by atoms with Crippen LogP contribution < -0.4 is 5.32 Å². The molecule has 0 saturated heterocycles. The van der Waals surface area contributed by atoms with E-state index >= 15 is 0 Å². The van der Waals surface area contributed by atoms with Crippen LogP contribution >= 0.6 is 22.9 Å². The Labute approximate surface area is 117 Å². The fourth-order valence-corrected chi connectivity index (χ4v) is 2.13. The SMILES string of the molecule is O=C(O)Cc1nnc(NC(=O)c2ccc(Cl)cc2)s1. The maximum Gasteiger partial charge on any atom is 0.310 e. The first-order valence-electron chi connectivity index (χ1n) is 5.15. The van der Waals surface area contributed by atoms with Gasteiger partial charge in [0.05, 0.1) is 6.42 Å². The molecule has 98 valence electrons. The maximum atomic E-state index is 11.8. The summed E-state index contributed by atoms with van der Waals surface area (Å²) < 4.78 is 0. The number of hydrogen-bond donors (Lipinski definition) is 2. The van der Waals surface area contributed by atoms with Gasteiger partial charge in [-0.15, -0.1) is 10.2 Å². The smallest absolute Gasteiger partial charge is 0.310 e. The number of rotatable bonds is 4. The molecule has 0 unspecified atom stereocenters. The van der Waals surface area contributed by atoms with Crippen LogP contribution in [0.1, 0.15) is 15.4 Å². The minimum atomic E-state index is -0.994. The third kappa shape index (κ3) is 3.73. The van der Waals surface area contributed by atoms with Crippen LogP contribution in [-0.2, 0) is 11.2 Å². The second-order valence-corrected chi connectivity index (χ2v) is 5.03. The minimum absolute atomic E-state index is 0.214. The van der Waals surface area contributed by atoms with Gasteiger partial charge in [-0.05, 0) is 24.3 Å². The molecule has 8 heteroatoms. The summed E-state index contributed by atoms with van der Waals surface area (Å²) in [7, 11) is 0. The summed E-state index contributed by atoms with van der Waals surface area (Å²) in [6.45, 7) is 0. The number of aromatic nitrogens is 2. The third-order valence-corrected chi connectivity index (χ3v) is 3.19. The van der Waals surface area contributed by atoms with Gasteiger partial charge in [0, 0.05) is 10.6 Å². The van der Waals surface area contributed by atoms with Gasteiger partial charge in [0.15, 0.2) is 0 Å². The summed E-state index contributed by atoms with van der Waals surface area (Å²) in [6, 6.07) is 6.37. The molecule has 2 aromatic rings. The summed E-state index contributed by atoms with van der Waals surface area (Å²) in [5.41, 5.74) is 0.430. The van der Waals surface area contributed by atoms with Crippen molar-refractivity contribution in [2.24, 2.45) is 0 Å². The van der Waals surface area contributed by atoms with E-state index in [0.29, 0.717) is 15.6 Å². The first-order valence-corrected chi connectivity index (χ1v) is 6.35. The fourth-order valence-electron chi connectivity index (χ4n) is 1.28. The highest BCUT2D eigenvalue weighted by molar-refractivity contribution is 7.15. The van der Waals surface area contributed by atoms with Crippen LogP contribution in [0.5, 0.6) is 0 Å². The highest BCUT2D eigenvalue weighted by atomic mass is 35.5. The number of carbonyl (C=O) groups is 2. The van der Waals surface area contributed by atoms with Gasteiger partial charge < -0.3 is 5.11 Å². The average molecular weight is 298 g/mol. The molecule has 1 amide bonds. The van der Waals surface area contributed by atoms with E-state index in [1.165, 1.54) is 0 Å². The third-order valence-electron chi connectivity index (χ3n) is 2.10. The zero-order chi connectivity index (χ0) is 13.8. The molecule has 0 bridgehead atoms. The van der Waals surface area contributed by atoms with Crippen LogP contribution in [0.2, 0.25) is 5.02 Å². The number of aliphatic carboxylic acids is 1. The molecule has 0 aliphatic carbocycles. The summed E-state index contributed by atoms with van der Waals surface area (Å²) in [5.74, 6) is -1.35. The number of amides is 1. The van der Waals surface area contributed by atoms with Gasteiger partial charge in [0.25, 0.3) is 5.91 Å². The molecule has 2 N–H and O–H groups in total. The van der Waals surface area contributed by atoms with Crippen molar-refractivity contribution in [3.05, 3.63) is 39.9 Å². The number of halogens is 1. The Morgan fingerprint density at radius 3 is 2.58 bits per heavy atom. The molecule has 0 saturated carbocycles. The van der Waals surface area contributed by atoms with E-state index in [2.05, 4.69) is 15.5 Å². The number of nitrogens with zero attached hydrogens (tertiary/aromatic N) is 2. The quantitative estimate of drug-likeness (QED) is 0.901. The zero-order valence-corrected chi connectivity index (χ0v) is 11.0. The lowest BCUT2D eigenvalue weighted by molar-refractivity contribution is -0.136. The molecule has 0 radical (unpaired) electrons. The van der Waals surface area contributed by atoms with E-state index in [1.807, 2.05) is 0 Å². The van der Waals surface area contributed by atoms with Crippen LogP contribution in [-0.4, -0.2) is 27.2 Å². The summed E-state index contributed by atoms with van der Waals surface area (Å²) in [4.78, 5) is 22.3. The van der Waals surface area contributed by atoms with Gasteiger partial charge in [0.1, 0.15) is 5.01 Å². The number of carboxylic acid groups (broad SMARTS) is 1. The Balaban J connectivity index is 2.04. The Bertz CT molecular complexity index is 612. The normalized spacial score (nSPS) is 10.2. The molecule has 0 fully saturated rings. The lowest BCUT2D eigenvalue weighted by Gasteiger charge is -2.00. The average Bonchev–Trinajstić information content (AvgIpc) is 2.76.